The summed E-state index contributed by atoms with van der Waals surface area (Å²) in [6.45, 7) is 0. The van der Waals surface area contributed by atoms with E-state index in [-0.39, 0.29) is 0 Å². The third-order valence-electron chi connectivity index (χ3n) is 4.01. The number of rotatable bonds is 2. The Labute approximate surface area is 148 Å². The summed E-state index contributed by atoms with van der Waals surface area (Å²) in [4.78, 5) is 4.17. The van der Waals surface area contributed by atoms with Gasteiger partial charge < -0.3 is 0 Å². The molecule has 0 aliphatic rings. The van der Waals surface area contributed by atoms with Crippen LogP contribution in [-0.4, -0.2) is 15.2 Å². The maximum Gasteiger partial charge on any atom is 0.129 e. The fourth-order valence-corrected chi connectivity index (χ4v) is 2.71. The van der Waals surface area contributed by atoms with Crippen LogP contribution >= 0.6 is 0 Å². The minimum Gasteiger partial charge on any atom is -0.269 e. The molecule has 4 aromatic rings. The summed E-state index contributed by atoms with van der Waals surface area (Å²) in [5.74, 6) is 4.90. The largest absolute Gasteiger partial charge is 0.269 e. The predicted molar refractivity (Wildman–Crippen MR) is 95.5 cm³/mol. The second-order valence-electron chi connectivity index (χ2n) is 5.83. The Morgan fingerprint density at radius 1 is 0.962 bits per heavy atom. The molecule has 2 aromatic heterocycles. The molecule has 0 saturated carbocycles. The molecular weight excluding hydrogens is 332 g/mol. The molecule has 0 radical (unpaired) electrons. The number of halogens is 2. The van der Waals surface area contributed by atoms with Crippen molar-refractivity contribution >= 4 is 10.9 Å². The Balaban J connectivity index is 1.67. The van der Waals surface area contributed by atoms with Gasteiger partial charge in [-0.3, -0.25) is 5.10 Å². The molecule has 0 spiro atoms. The minimum atomic E-state index is -0.580. The number of pyridine rings is 1. The van der Waals surface area contributed by atoms with E-state index in [1.807, 2.05) is 36.4 Å². The minimum absolute atomic E-state index is 0.361. The molecule has 2 heterocycles. The van der Waals surface area contributed by atoms with Crippen molar-refractivity contribution in [1.82, 2.24) is 15.2 Å². The summed E-state index contributed by atoms with van der Waals surface area (Å²) in [5, 5.41) is 8.01. The fourth-order valence-electron chi connectivity index (χ4n) is 2.71. The number of aromatic nitrogens is 3. The van der Waals surface area contributed by atoms with E-state index in [0.717, 1.165) is 22.5 Å². The van der Waals surface area contributed by atoms with Crippen LogP contribution in [0.2, 0.25) is 0 Å². The van der Waals surface area contributed by atoms with E-state index in [4.69, 9.17) is 0 Å². The summed E-state index contributed by atoms with van der Waals surface area (Å²) in [7, 11) is 0. The molecule has 5 heteroatoms. The smallest absolute Gasteiger partial charge is 0.129 e. The van der Waals surface area contributed by atoms with Crippen LogP contribution in [0.4, 0.5) is 8.78 Å². The van der Waals surface area contributed by atoms with Gasteiger partial charge in [0.25, 0.3) is 0 Å². The van der Waals surface area contributed by atoms with Gasteiger partial charge in [-0.05, 0) is 53.3 Å². The first-order chi connectivity index (χ1) is 12.7. The van der Waals surface area contributed by atoms with Gasteiger partial charge in [0.15, 0.2) is 0 Å². The molecule has 126 valence electrons. The quantitative estimate of drug-likeness (QED) is 0.553. The van der Waals surface area contributed by atoms with Crippen molar-refractivity contribution in [2.24, 2.45) is 0 Å². The van der Waals surface area contributed by atoms with E-state index in [9.17, 15) is 8.78 Å². The van der Waals surface area contributed by atoms with Crippen LogP contribution in [0, 0.1) is 23.5 Å². The number of H-pyrrole nitrogens is 1. The molecule has 0 amide bonds. The monoisotopic (exact) mass is 345 g/mol. The second-order valence-corrected chi connectivity index (χ2v) is 5.83. The Morgan fingerprint density at radius 3 is 2.69 bits per heavy atom. The first-order valence-electron chi connectivity index (χ1n) is 8.03. The number of nitrogens with zero attached hydrogens (tertiary/aromatic N) is 2. The van der Waals surface area contributed by atoms with Crippen LogP contribution < -0.4 is 0 Å². The Bertz CT molecular complexity index is 1140. The predicted octanol–water partition coefficient (Wildman–Crippen LogP) is 4.23. The summed E-state index contributed by atoms with van der Waals surface area (Å²) in [6, 6.07) is 14.8. The zero-order valence-corrected chi connectivity index (χ0v) is 13.6. The number of aromatic amines is 1. The number of fused-ring (bicyclic) bond motifs is 1. The van der Waals surface area contributed by atoms with Crippen molar-refractivity contribution < 1.29 is 8.78 Å². The van der Waals surface area contributed by atoms with Crippen molar-refractivity contribution in [2.75, 3.05) is 0 Å². The average Bonchev–Trinajstić information content (AvgIpc) is 3.05. The lowest BCUT2D eigenvalue weighted by molar-refractivity contribution is 0.574. The van der Waals surface area contributed by atoms with Gasteiger partial charge in [-0.15, -0.1) is 0 Å². The van der Waals surface area contributed by atoms with E-state index < -0.39 is 11.6 Å². The maximum absolute atomic E-state index is 13.9. The van der Waals surface area contributed by atoms with Crippen molar-refractivity contribution in [1.29, 1.82) is 0 Å². The molecular formula is C21H13F2N3. The zero-order chi connectivity index (χ0) is 17.9. The topological polar surface area (TPSA) is 41.6 Å². The van der Waals surface area contributed by atoms with Crippen LogP contribution in [-0.2, 0) is 6.42 Å². The third kappa shape index (κ3) is 3.31. The molecule has 26 heavy (non-hydrogen) atoms. The summed E-state index contributed by atoms with van der Waals surface area (Å²) >= 11 is 0. The van der Waals surface area contributed by atoms with Gasteiger partial charge >= 0.3 is 0 Å². The van der Waals surface area contributed by atoms with Crippen LogP contribution in [0.1, 0.15) is 22.5 Å². The van der Waals surface area contributed by atoms with E-state index in [2.05, 4.69) is 27.0 Å². The lowest BCUT2D eigenvalue weighted by atomic mass is 10.0. The molecule has 2 aromatic carbocycles. The number of hydrogen-bond acceptors (Lipinski definition) is 2. The standard InChI is InChI=1S/C21H13F2N3/c22-16-6-5-15(19(23)13-16)11-14-4-8-20-18(12-14)21(26-25-20)9-7-17-3-1-2-10-24-17/h1-6,8,10,12-13H,11H2,(H,25,26). The Kier molecular flexibility index (Phi) is 4.16. The van der Waals surface area contributed by atoms with Crippen molar-refractivity contribution in [2.45, 2.75) is 6.42 Å². The first-order valence-corrected chi connectivity index (χ1v) is 8.03. The molecule has 1 N–H and O–H groups in total. The lowest BCUT2D eigenvalue weighted by Gasteiger charge is -2.04. The molecule has 0 fully saturated rings. The van der Waals surface area contributed by atoms with Crippen molar-refractivity contribution in [3.8, 4) is 11.8 Å². The van der Waals surface area contributed by atoms with Crippen LogP contribution in [0.25, 0.3) is 10.9 Å². The third-order valence-corrected chi connectivity index (χ3v) is 4.01. The number of benzene rings is 2. The summed E-state index contributed by atoms with van der Waals surface area (Å²) < 4.78 is 26.9. The fraction of sp³-hybridized carbons (Fsp3) is 0.0476. The van der Waals surface area contributed by atoms with E-state index in [1.165, 1.54) is 12.1 Å². The highest BCUT2D eigenvalue weighted by Gasteiger charge is 2.08. The summed E-state index contributed by atoms with van der Waals surface area (Å²) in [5.41, 5.74) is 3.45. The summed E-state index contributed by atoms with van der Waals surface area (Å²) in [6.07, 6.45) is 2.05. The highest BCUT2D eigenvalue weighted by Crippen LogP contribution is 2.21. The van der Waals surface area contributed by atoms with E-state index in [1.54, 1.807) is 6.20 Å². The highest BCUT2D eigenvalue weighted by atomic mass is 19.1. The van der Waals surface area contributed by atoms with Crippen LogP contribution in [0.5, 0.6) is 0 Å². The Morgan fingerprint density at radius 2 is 1.88 bits per heavy atom. The van der Waals surface area contributed by atoms with Gasteiger partial charge in [0.1, 0.15) is 23.0 Å². The van der Waals surface area contributed by atoms with E-state index in [0.29, 0.717) is 23.4 Å². The van der Waals surface area contributed by atoms with Gasteiger partial charge in [0.2, 0.25) is 0 Å². The Hall–Kier alpha value is -3.52. The van der Waals surface area contributed by atoms with Gasteiger partial charge in [-0.2, -0.15) is 5.10 Å². The maximum atomic E-state index is 13.9. The molecule has 3 nitrogen and oxygen atoms in total. The van der Waals surface area contributed by atoms with Gasteiger partial charge in [0.05, 0.1) is 5.52 Å². The van der Waals surface area contributed by atoms with E-state index >= 15 is 0 Å². The second kappa shape index (κ2) is 6.77. The molecule has 4 rings (SSSR count). The molecule has 0 saturated heterocycles. The van der Waals surface area contributed by atoms with Gasteiger partial charge in [-0.25, -0.2) is 13.8 Å². The average molecular weight is 345 g/mol. The number of hydrogen-bond donors (Lipinski definition) is 1. The first kappa shape index (κ1) is 16.0. The lowest BCUT2D eigenvalue weighted by Crippen LogP contribution is -1.93. The molecule has 0 atom stereocenters. The normalized spacial score (nSPS) is 10.5. The van der Waals surface area contributed by atoms with Crippen molar-refractivity contribution in [3.05, 3.63) is 94.9 Å². The van der Waals surface area contributed by atoms with Gasteiger partial charge in [-0.1, -0.05) is 18.2 Å². The van der Waals surface area contributed by atoms with Gasteiger partial charge in [0, 0.05) is 24.1 Å². The molecule has 0 aliphatic heterocycles. The zero-order valence-electron chi connectivity index (χ0n) is 13.6. The molecule has 0 aliphatic carbocycles. The van der Waals surface area contributed by atoms with Crippen LogP contribution in [0.15, 0.2) is 60.8 Å². The highest BCUT2D eigenvalue weighted by molar-refractivity contribution is 5.84. The van der Waals surface area contributed by atoms with Crippen molar-refractivity contribution in [3.63, 3.8) is 0 Å². The molecule has 0 bridgehead atoms. The number of nitrogens with one attached hydrogen (secondary N) is 1. The van der Waals surface area contributed by atoms with Crippen LogP contribution in [0.3, 0.4) is 0 Å². The molecule has 0 unspecified atom stereocenters. The SMILES string of the molecule is Fc1ccc(Cc2ccc3n[nH]c(C#Cc4ccccn4)c3c2)c(F)c1.